The number of hydrogen-bond acceptors (Lipinski definition) is 6. The molecular formula is C23H37N3O6. The van der Waals surface area contributed by atoms with E-state index in [1.54, 1.807) is 6.08 Å². The lowest BCUT2D eigenvalue weighted by Crippen LogP contribution is -2.31. The summed E-state index contributed by atoms with van der Waals surface area (Å²) in [6.45, 7) is 16.8. The van der Waals surface area contributed by atoms with E-state index in [-0.39, 0.29) is 36.5 Å². The van der Waals surface area contributed by atoms with Crippen LogP contribution in [0, 0.1) is 0 Å². The Balaban J connectivity index is 4.37. The zero-order valence-electron chi connectivity index (χ0n) is 18.8. The number of ether oxygens (including phenoxy) is 3. The first kappa shape index (κ1) is 29.2. The summed E-state index contributed by atoms with van der Waals surface area (Å²) in [5.74, 6) is -0.688. The largest absolute Gasteiger partial charge is 0.379 e. The average Bonchev–Trinajstić information content (AvgIpc) is 2.81. The molecule has 0 fully saturated rings. The molecule has 0 aliphatic heterocycles. The monoisotopic (exact) mass is 451 g/mol. The Hall–Kier alpha value is -2.75. The lowest BCUT2D eigenvalue weighted by atomic mass is 10.2. The molecule has 180 valence electrons. The summed E-state index contributed by atoms with van der Waals surface area (Å²) in [5.41, 5.74) is 0. The van der Waals surface area contributed by atoms with Gasteiger partial charge >= 0.3 is 0 Å². The van der Waals surface area contributed by atoms with Crippen molar-refractivity contribution < 1.29 is 28.6 Å². The Morgan fingerprint density at radius 1 is 0.719 bits per heavy atom. The van der Waals surface area contributed by atoms with Crippen LogP contribution < -0.4 is 16.0 Å². The van der Waals surface area contributed by atoms with Crippen molar-refractivity contribution in [2.75, 3.05) is 46.1 Å². The minimum Gasteiger partial charge on any atom is -0.379 e. The first-order valence-corrected chi connectivity index (χ1v) is 10.6. The normalized spacial score (nSPS) is 12.1. The molecule has 0 spiro atoms. The molecule has 0 aromatic heterocycles. The second kappa shape index (κ2) is 20.2. The zero-order chi connectivity index (χ0) is 24.0. The molecule has 0 radical (unpaired) electrons. The van der Waals surface area contributed by atoms with Gasteiger partial charge in [0.25, 0.3) is 0 Å². The Morgan fingerprint density at radius 3 is 1.78 bits per heavy atom. The highest BCUT2D eigenvalue weighted by molar-refractivity contribution is 5.87. The summed E-state index contributed by atoms with van der Waals surface area (Å²) in [6, 6.07) is 0. The molecule has 0 aromatic rings. The van der Waals surface area contributed by atoms with Crippen molar-refractivity contribution in [1.82, 2.24) is 16.0 Å². The fraction of sp³-hybridized carbons (Fsp3) is 0.522. The van der Waals surface area contributed by atoms with E-state index in [1.807, 2.05) is 0 Å². The summed E-state index contributed by atoms with van der Waals surface area (Å²) in [6.07, 6.45) is 6.59. The van der Waals surface area contributed by atoms with Crippen LogP contribution in [-0.2, 0) is 28.6 Å². The molecule has 0 aliphatic rings. The predicted molar refractivity (Wildman–Crippen MR) is 124 cm³/mol. The Bertz CT molecular complexity index is 609. The topological polar surface area (TPSA) is 115 Å². The minimum atomic E-state index is -0.321. The van der Waals surface area contributed by atoms with Crippen LogP contribution in [0.25, 0.3) is 0 Å². The highest BCUT2D eigenvalue weighted by atomic mass is 16.6. The van der Waals surface area contributed by atoms with Gasteiger partial charge in [0.1, 0.15) is 6.10 Å². The first-order chi connectivity index (χ1) is 15.5. The van der Waals surface area contributed by atoms with Crippen molar-refractivity contribution in [1.29, 1.82) is 0 Å². The number of amides is 3. The van der Waals surface area contributed by atoms with Gasteiger partial charge in [0.2, 0.25) is 17.7 Å². The van der Waals surface area contributed by atoms with E-state index in [9.17, 15) is 14.4 Å². The van der Waals surface area contributed by atoms with E-state index in [0.29, 0.717) is 58.7 Å². The molecular weight excluding hydrogens is 414 g/mol. The van der Waals surface area contributed by atoms with Gasteiger partial charge in [-0.3, -0.25) is 14.4 Å². The van der Waals surface area contributed by atoms with Gasteiger partial charge in [0.15, 0.2) is 0 Å². The summed E-state index contributed by atoms with van der Waals surface area (Å²) in [5, 5.41) is 8.06. The number of rotatable bonds is 21. The summed E-state index contributed by atoms with van der Waals surface area (Å²) < 4.78 is 17.4. The molecule has 0 aromatic carbocycles. The molecule has 3 N–H and O–H groups in total. The van der Waals surface area contributed by atoms with E-state index in [2.05, 4.69) is 42.3 Å². The van der Waals surface area contributed by atoms with Crippen molar-refractivity contribution in [2.24, 2.45) is 0 Å². The molecule has 9 heteroatoms. The maximum Gasteiger partial charge on any atom is 0.243 e. The third-order valence-electron chi connectivity index (χ3n) is 4.09. The standard InChI is InChI=1S/C23H37N3O6/c1-5-19(11-14-26-23(29)8-4)32-18-20(31-16-10-13-25-22(28)7-3)17-30-15-9-12-24-21(27)6-2/h5-8,19-20H,1-4,9-18H2,(H,24,27)(H,25,28)(H,26,29). The Kier molecular flexibility index (Phi) is 18.4. The van der Waals surface area contributed by atoms with Crippen LogP contribution in [0.15, 0.2) is 50.6 Å². The second-order valence-corrected chi connectivity index (χ2v) is 6.66. The van der Waals surface area contributed by atoms with Crippen LogP contribution >= 0.6 is 0 Å². The van der Waals surface area contributed by atoms with Crippen molar-refractivity contribution >= 4 is 17.7 Å². The SMILES string of the molecule is C=CC(=O)NCCCOCC(COC(C=C)CCNC(=O)C=C)OCCCNC(=O)C=C. The van der Waals surface area contributed by atoms with Gasteiger partial charge in [-0.2, -0.15) is 0 Å². The fourth-order valence-corrected chi connectivity index (χ4v) is 2.33. The maximum atomic E-state index is 11.2. The molecule has 0 aliphatic carbocycles. The van der Waals surface area contributed by atoms with E-state index in [1.165, 1.54) is 18.2 Å². The van der Waals surface area contributed by atoms with Crippen molar-refractivity contribution in [3.8, 4) is 0 Å². The van der Waals surface area contributed by atoms with Crippen LogP contribution in [-0.4, -0.2) is 76.0 Å². The third kappa shape index (κ3) is 17.0. The van der Waals surface area contributed by atoms with Gasteiger partial charge in [-0.1, -0.05) is 25.8 Å². The lowest BCUT2D eigenvalue weighted by Gasteiger charge is -2.21. The van der Waals surface area contributed by atoms with Gasteiger partial charge in [0.05, 0.1) is 19.3 Å². The van der Waals surface area contributed by atoms with Gasteiger partial charge < -0.3 is 30.2 Å². The summed E-state index contributed by atoms with van der Waals surface area (Å²) >= 11 is 0. The molecule has 0 bridgehead atoms. The van der Waals surface area contributed by atoms with Crippen LogP contribution in [0.5, 0.6) is 0 Å². The minimum absolute atomic E-state index is 0.220. The van der Waals surface area contributed by atoms with Crippen molar-refractivity contribution in [3.05, 3.63) is 50.6 Å². The van der Waals surface area contributed by atoms with Gasteiger partial charge in [-0.25, -0.2) is 0 Å². The molecule has 0 saturated carbocycles. The Morgan fingerprint density at radius 2 is 1.25 bits per heavy atom. The maximum absolute atomic E-state index is 11.2. The number of nitrogens with one attached hydrogen (secondary N) is 3. The highest BCUT2D eigenvalue weighted by Gasteiger charge is 2.14. The van der Waals surface area contributed by atoms with E-state index in [0.717, 1.165) is 0 Å². The molecule has 9 nitrogen and oxygen atoms in total. The van der Waals surface area contributed by atoms with Gasteiger partial charge in [-0.05, 0) is 37.5 Å². The van der Waals surface area contributed by atoms with Crippen LogP contribution in [0.1, 0.15) is 19.3 Å². The quantitative estimate of drug-likeness (QED) is 0.136. The van der Waals surface area contributed by atoms with Crippen LogP contribution in [0.2, 0.25) is 0 Å². The molecule has 3 amide bonds. The molecule has 2 unspecified atom stereocenters. The van der Waals surface area contributed by atoms with Gasteiger partial charge in [-0.15, -0.1) is 6.58 Å². The molecule has 2 atom stereocenters. The summed E-state index contributed by atoms with van der Waals surface area (Å²) in [4.78, 5) is 33.5. The summed E-state index contributed by atoms with van der Waals surface area (Å²) in [7, 11) is 0. The number of carbonyl (C=O) groups excluding carboxylic acids is 3. The second-order valence-electron chi connectivity index (χ2n) is 6.66. The Labute approximate surface area is 190 Å². The van der Waals surface area contributed by atoms with Crippen molar-refractivity contribution in [3.63, 3.8) is 0 Å². The number of carbonyl (C=O) groups is 3. The molecule has 0 saturated heterocycles. The lowest BCUT2D eigenvalue weighted by molar-refractivity contribution is -0.117. The first-order valence-electron chi connectivity index (χ1n) is 10.6. The zero-order valence-corrected chi connectivity index (χ0v) is 18.8. The number of hydrogen-bond donors (Lipinski definition) is 3. The van der Waals surface area contributed by atoms with Gasteiger partial charge in [0, 0.05) is 32.8 Å². The molecule has 32 heavy (non-hydrogen) atoms. The highest BCUT2D eigenvalue weighted by Crippen LogP contribution is 2.04. The van der Waals surface area contributed by atoms with Crippen molar-refractivity contribution in [2.45, 2.75) is 31.5 Å². The molecule has 0 rings (SSSR count). The smallest absolute Gasteiger partial charge is 0.243 e. The van der Waals surface area contributed by atoms with E-state index >= 15 is 0 Å². The van der Waals surface area contributed by atoms with Crippen LogP contribution in [0.3, 0.4) is 0 Å². The molecule has 0 heterocycles. The third-order valence-corrected chi connectivity index (χ3v) is 4.09. The van der Waals surface area contributed by atoms with E-state index < -0.39 is 0 Å². The van der Waals surface area contributed by atoms with Crippen LogP contribution in [0.4, 0.5) is 0 Å². The average molecular weight is 452 g/mol. The van der Waals surface area contributed by atoms with E-state index in [4.69, 9.17) is 14.2 Å². The fourth-order valence-electron chi connectivity index (χ4n) is 2.33. The predicted octanol–water partition coefficient (Wildman–Crippen LogP) is 1.04.